The number of hydrazone groups is 1. The maximum Gasteiger partial charge on any atom is 0.303 e. The summed E-state index contributed by atoms with van der Waals surface area (Å²) in [6.45, 7) is 0. The highest BCUT2D eigenvalue weighted by molar-refractivity contribution is 5.89. The minimum atomic E-state index is -1.01. The highest BCUT2D eigenvalue weighted by atomic mass is 16.4. The second-order valence-corrected chi connectivity index (χ2v) is 1.74. The predicted octanol–water partition coefficient (Wildman–Crippen LogP) is -1.13. The van der Waals surface area contributed by atoms with Crippen molar-refractivity contribution >= 4 is 18.2 Å². The molecule has 0 aromatic carbocycles. The van der Waals surface area contributed by atoms with E-state index in [-0.39, 0.29) is 12.8 Å². The van der Waals surface area contributed by atoms with Gasteiger partial charge in [0.1, 0.15) is 6.34 Å². The van der Waals surface area contributed by atoms with Gasteiger partial charge in [0, 0.05) is 6.42 Å². The van der Waals surface area contributed by atoms with Gasteiger partial charge in [-0.1, -0.05) is 0 Å². The molecule has 0 aliphatic rings. The van der Waals surface area contributed by atoms with Gasteiger partial charge in [0.25, 0.3) is 0 Å². The molecule has 0 saturated carbocycles. The lowest BCUT2D eigenvalue weighted by atomic mass is 10.3. The molecule has 0 spiro atoms. The molecule has 0 unspecified atom stereocenters. The van der Waals surface area contributed by atoms with E-state index in [1.807, 2.05) is 0 Å². The van der Waals surface area contributed by atoms with Gasteiger partial charge in [0.05, 0.1) is 6.42 Å². The first-order valence-corrected chi connectivity index (χ1v) is 2.89. The number of aliphatic carboxylic acids is 1. The van der Waals surface area contributed by atoms with Crippen LogP contribution in [0.2, 0.25) is 0 Å². The van der Waals surface area contributed by atoms with E-state index in [0.29, 0.717) is 0 Å². The van der Waals surface area contributed by atoms with Gasteiger partial charge in [-0.05, 0) is 0 Å². The summed E-state index contributed by atoms with van der Waals surface area (Å²) >= 11 is 0. The van der Waals surface area contributed by atoms with E-state index in [9.17, 15) is 9.59 Å². The van der Waals surface area contributed by atoms with Crippen LogP contribution in [-0.2, 0) is 9.59 Å². The number of amides is 1. The number of carboxylic acid groups (broad SMARTS) is 1. The Morgan fingerprint density at radius 2 is 2.18 bits per heavy atom. The minimum absolute atomic E-state index is 0.0681. The molecule has 0 atom stereocenters. The Morgan fingerprint density at radius 3 is 2.64 bits per heavy atom. The Kier molecular flexibility index (Phi) is 4.46. The van der Waals surface area contributed by atoms with Crippen LogP contribution in [0.25, 0.3) is 0 Å². The number of carbonyl (C=O) groups is 2. The summed E-state index contributed by atoms with van der Waals surface area (Å²) in [7, 11) is 0. The smallest absolute Gasteiger partial charge is 0.303 e. The molecule has 6 heteroatoms. The van der Waals surface area contributed by atoms with Crippen molar-refractivity contribution in [3.8, 4) is 0 Å². The van der Waals surface area contributed by atoms with Crippen LogP contribution in [-0.4, -0.2) is 23.3 Å². The van der Waals surface area contributed by atoms with Crippen LogP contribution in [0.5, 0.6) is 0 Å². The third-order valence-corrected chi connectivity index (χ3v) is 0.866. The minimum Gasteiger partial charge on any atom is -0.481 e. The van der Waals surface area contributed by atoms with E-state index in [0.717, 1.165) is 6.34 Å². The second-order valence-electron chi connectivity index (χ2n) is 1.74. The number of hydrogen-bond donors (Lipinski definition) is 3. The van der Waals surface area contributed by atoms with Crippen LogP contribution >= 0.6 is 0 Å². The Hall–Kier alpha value is -1.59. The standard InChI is InChI=1S/C5H9N3O3/c6-8-3-7-4(9)1-2-5(10)11/h3H,1-2,6H2,(H,10,11)(H,7,8,9). The number of carboxylic acids is 1. The van der Waals surface area contributed by atoms with Gasteiger partial charge in [-0.2, -0.15) is 5.10 Å². The quantitative estimate of drug-likeness (QED) is 0.209. The summed E-state index contributed by atoms with van der Waals surface area (Å²) in [5.41, 5.74) is 0. The molecule has 0 aliphatic heterocycles. The molecule has 11 heavy (non-hydrogen) atoms. The van der Waals surface area contributed by atoms with Crippen molar-refractivity contribution < 1.29 is 14.7 Å². The zero-order valence-corrected chi connectivity index (χ0v) is 5.78. The Balaban J connectivity index is 3.45. The normalized spacial score (nSPS) is 9.82. The third kappa shape index (κ3) is 6.29. The number of nitrogens with one attached hydrogen (secondary N) is 1. The molecule has 4 N–H and O–H groups in total. The fraction of sp³-hybridized carbons (Fsp3) is 0.400. The molecule has 0 fully saturated rings. The number of nitrogens with two attached hydrogens (primary N) is 1. The van der Waals surface area contributed by atoms with Crippen LogP contribution in [0.4, 0.5) is 0 Å². The summed E-state index contributed by atoms with van der Waals surface area (Å²) < 4.78 is 0. The van der Waals surface area contributed by atoms with Crippen molar-refractivity contribution in [1.82, 2.24) is 5.32 Å². The first-order chi connectivity index (χ1) is 5.16. The number of hydrogen-bond acceptors (Lipinski definition) is 4. The molecule has 0 aromatic heterocycles. The van der Waals surface area contributed by atoms with Gasteiger partial charge >= 0.3 is 5.97 Å². The largest absolute Gasteiger partial charge is 0.481 e. The van der Waals surface area contributed by atoms with E-state index in [1.165, 1.54) is 0 Å². The average molecular weight is 159 g/mol. The van der Waals surface area contributed by atoms with Gasteiger partial charge in [-0.25, -0.2) is 0 Å². The summed E-state index contributed by atoms with van der Waals surface area (Å²) in [6, 6.07) is 0. The maximum atomic E-state index is 10.6. The van der Waals surface area contributed by atoms with Gasteiger partial charge in [0.15, 0.2) is 0 Å². The van der Waals surface area contributed by atoms with Crippen molar-refractivity contribution in [2.24, 2.45) is 10.9 Å². The van der Waals surface area contributed by atoms with Crippen LogP contribution in [0.1, 0.15) is 12.8 Å². The predicted molar refractivity (Wildman–Crippen MR) is 37.7 cm³/mol. The van der Waals surface area contributed by atoms with E-state index >= 15 is 0 Å². The van der Waals surface area contributed by atoms with Crippen molar-refractivity contribution in [1.29, 1.82) is 0 Å². The van der Waals surface area contributed by atoms with E-state index < -0.39 is 11.9 Å². The summed E-state index contributed by atoms with van der Waals surface area (Å²) in [4.78, 5) is 20.5. The molecule has 0 radical (unpaired) electrons. The Morgan fingerprint density at radius 1 is 1.55 bits per heavy atom. The Bertz CT molecular complexity index is 178. The van der Waals surface area contributed by atoms with Gasteiger partial charge in [0.2, 0.25) is 5.91 Å². The molecular weight excluding hydrogens is 150 g/mol. The molecule has 0 saturated heterocycles. The number of nitrogens with zero attached hydrogens (tertiary/aromatic N) is 1. The lowest BCUT2D eigenvalue weighted by molar-refractivity contribution is -0.138. The van der Waals surface area contributed by atoms with E-state index in [2.05, 4.69) is 16.3 Å². The Labute approximate surface area is 63.1 Å². The highest BCUT2D eigenvalue weighted by Gasteiger charge is 2.02. The lowest BCUT2D eigenvalue weighted by Gasteiger charge is -1.94. The molecule has 6 nitrogen and oxygen atoms in total. The van der Waals surface area contributed by atoms with E-state index in [1.54, 1.807) is 0 Å². The molecule has 62 valence electrons. The van der Waals surface area contributed by atoms with Gasteiger partial charge < -0.3 is 16.3 Å². The first kappa shape index (κ1) is 9.41. The summed E-state index contributed by atoms with van der Waals surface area (Å²) in [6.07, 6.45) is 0.746. The maximum absolute atomic E-state index is 10.6. The topological polar surface area (TPSA) is 105 Å². The number of carbonyl (C=O) groups excluding carboxylic acids is 1. The van der Waals surface area contributed by atoms with Crippen molar-refractivity contribution in [2.45, 2.75) is 12.8 Å². The molecule has 0 aliphatic carbocycles. The summed E-state index contributed by atoms with van der Waals surface area (Å²) in [5, 5.41) is 13.3. The molecular formula is C5H9N3O3. The first-order valence-electron chi connectivity index (χ1n) is 2.89. The summed E-state index contributed by atoms with van der Waals surface area (Å²) in [5.74, 6) is 3.25. The van der Waals surface area contributed by atoms with Gasteiger partial charge in [-0.3, -0.25) is 9.59 Å². The number of rotatable bonds is 4. The fourth-order valence-corrected chi connectivity index (χ4v) is 0.402. The van der Waals surface area contributed by atoms with Crippen molar-refractivity contribution in [3.05, 3.63) is 0 Å². The highest BCUT2D eigenvalue weighted by Crippen LogP contribution is 1.86. The SMILES string of the molecule is N/N=C/NC(=O)CCC(=O)O. The van der Waals surface area contributed by atoms with Crippen LogP contribution in [0.3, 0.4) is 0 Å². The molecule has 0 rings (SSSR count). The lowest BCUT2D eigenvalue weighted by Crippen LogP contribution is -2.22. The van der Waals surface area contributed by atoms with Gasteiger partial charge in [-0.15, -0.1) is 0 Å². The van der Waals surface area contributed by atoms with Crippen LogP contribution in [0.15, 0.2) is 5.10 Å². The molecule has 0 aromatic rings. The van der Waals surface area contributed by atoms with E-state index in [4.69, 9.17) is 5.11 Å². The molecule has 0 bridgehead atoms. The second kappa shape index (κ2) is 5.21. The monoisotopic (exact) mass is 159 g/mol. The van der Waals surface area contributed by atoms with Crippen molar-refractivity contribution in [2.75, 3.05) is 0 Å². The third-order valence-electron chi connectivity index (χ3n) is 0.866. The van der Waals surface area contributed by atoms with Crippen LogP contribution in [0, 0.1) is 0 Å². The molecule has 1 amide bonds. The van der Waals surface area contributed by atoms with Crippen molar-refractivity contribution in [3.63, 3.8) is 0 Å². The zero-order chi connectivity index (χ0) is 8.69. The molecule has 0 heterocycles. The average Bonchev–Trinajstić information content (AvgIpc) is 1.97. The van der Waals surface area contributed by atoms with Crippen LogP contribution < -0.4 is 11.2 Å². The fourth-order valence-electron chi connectivity index (χ4n) is 0.402. The zero-order valence-electron chi connectivity index (χ0n) is 5.78.